The molecule has 4 rings (SSSR count). The first-order valence-corrected chi connectivity index (χ1v) is 12.6. The average molecular weight is 522 g/mol. The molecule has 0 bridgehead atoms. The zero-order valence-electron chi connectivity index (χ0n) is 23.0. The summed E-state index contributed by atoms with van der Waals surface area (Å²) in [6.45, 7) is 5.42. The molecule has 2 aromatic rings. The Morgan fingerprint density at radius 3 is 2.18 bits per heavy atom. The van der Waals surface area contributed by atoms with Crippen LogP contribution in [0.3, 0.4) is 0 Å². The van der Waals surface area contributed by atoms with Gasteiger partial charge in [0, 0.05) is 34.9 Å². The molecule has 1 heterocycles. The van der Waals surface area contributed by atoms with E-state index >= 15 is 0 Å². The molecular formula is C30H35NO7. The smallest absolute Gasteiger partial charge is 0.337 e. The molecular weight excluding hydrogens is 486 g/mol. The normalized spacial score (nSPS) is 19.1. The van der Waals surface area contributed by atoms with E-state index in [-0.39, 0.29) is 24.2 Å². The lowest BCUT2D eigenvalue weighted by atomic mass is 9.71. The fourth-order valence-electron chi connectivity index (χ4n) is 5.47. The topological polar surface area (TPSA) is 92.3 Å². The first-order valence-electron chi connectivity index (χ1n) is 12.6. The van der Waals surface area contributed by atoms with Crippen molar-refractivity contribution in [1.29, 1.82) is 0 Å². The highest BCUT2D eigenvalue weighted by molar-refractivity contribution is 6.04. The highest BCUT2D eigenvalue weighted by atomic mass is 16.5. The summed E-state index contributed by atoms with van der Waals surface area (Å²) in [6.07, 6.45) is 0.527. The fourth-order valence-corrected chi connectivity index (χ4v) is 5.47. The van der Waals surface area contributed by atoms with Crippen molar-refractivity contribution in [2.24, 2.45) is 0 Å². The van der Waals surface area contributed by atoms with Crippen molar-refractivity contribution in [3.63, 3.8) is 0 Å². The number of ether oxygens (including phenoxy) is 5. The molecule has 0 amide bonds. The van der Waals surface area contributed by atoms with Crippen molar-refractivity contribution in [1.82, 2.24) is 5.32 Å². The second kappa shape index (κ2) is 11.2. The maximum Gasteiger partial charge on any atom is 0.337 e. The van der Waals surface area contributed by atoms with E-state index in [9.17, 15) is 9.59 Å². The SMILES string of the molecule is COc1ccccc1C1CC(=O)C2=C(C1)NC(C)=C(C(=O)OC(C)C)C2c1ccc(OC)c(OC)c1OC. The third-order valence-corrected chi connectivity index (χ3v) is 7.01. The average Bonchev–Trinajstić information content (AvgIpc) is 2.90. The van der Waals surface area contributed by atoms with Gasteiger partial charge in [-0.2, -0.15) is 0 Å². The summed E-state index contributed by atoms with van der Waals surface area (Å²) in [5.41, 5.74) is 3.90. The molecule has 1 aliphatic carbocycles. The number of para-hydroxylation sites is 1. The number of nitrogens with one attached hydrogen (secondary N) is 1. The van der Waals surface area contributed by atoms with E-state index in [1.54, 1.807) is 34.1 Å². The van der Waals surface area contributed by atoms with Gasteiger partial charge in [0.25, 0.3) is 0 Å². The molecule has 0 radical (unpaired) electrons. The predicted octanol–water partition coefficient (Wildman–Crippen LogP) is 5.03. The molecule has 0 aromatic heterocycles. The van der Waals surface area contributed by atoms with Crippen molar-refractivity contribution in [3.05, 3.63) is 70.1 Å². The molecule has 1 aliphatic heterocycles. The zero-order chi connectivity index (χ0) is 27.6. The number of carbonyl (C=O) groups excluding carboxylic acids is 2. The third-order valence-electron chi connectivity index (χ3n) is 7.01. The molecule has 0 fully saturated rings. The second-order valence-corrected chi connectivity index (χ2v) is 9.64. The lowest BCUT2D eigenvalue weighted by molar-refractivity contribution is -0.143. The highest BCUT2D eigenvalue weighted by Crippen LogP contribution is 2.51. The summed E-state index contributed by atoms with van der Waals surface area (Å²) in [4.78, 5) is 27.4. The molecule has 2 aliphatic rings. The lowest BCUT2D eigenvalue weighted by Crippen LogP contribution is -2.36. The second-order valence-electron chi connectivity index (χ2n) is 9.64. The molecule has 8 nitrogen and oxygen atoms in total. The number of hydrogen-bond acceptors (Lipinski definition) is 8. The van der Waals surface area contributed by atoms with E-state index in [1.165, 1.54) is 14.2 Å². The Balaban J connectivity index is 1.91. The van der Waals surface area contributed by atoms with E-state index in [2.05, 4.69) is 5.32 Å². The van der Waals surface area contributed by atoms with Crippen molar-refractivity contribution in [2.45, 2.75) is 51.6 Å². The maximum atomic E-state index is 14.0. The van der Waals surface area contributed by atoms with Crippen molar-refractivity contribution in [3.8, 4) is 23.0 Å². The number of Topliss-reactive ketones (excluding diaryl/α,β-unsaturated/α-hetero) is 1. The highest BCUT2D eigenvalue weighted by Gasteiger charge is 2.43. The Morgan fingerprint density at radius 1 is 0.868 bits per heavy atom. The molecule has 0 saturated heterocycles. The number of hydrogen-bond donors (Lipinski definition) is 1. The van der Waals surface area contributed by atoms with Crippen molar-refractivity contribution < 1.29 is 33.3 Å². The van der Waals surface area contributed by atoms with E-state index in [1.807, 2.05) is 37.3 Å². The summed E-state index contributed by atoms with van der Waals surface area (Å²) in [5, 5.41) is 3.38. The van der Waals surface area contributed by atoms with Gasteiger partial charge in [0.15, 0.2) is 17.3 Å². The number of dihydropyridines is 1. The maximum absolute atomic E-state index is 14.0. The number of esters is 1. The molecule has 38 heavy (non-hydrogen) atoms. The van der Waals surface area contributed by atoms with E-state index in [4.69, 9.17) is 23.7 Å². The number of allylic oxidation sites excluding steroid dienone is 3. The monoisotopic (exact) mass is 521 g/mol. The van der Waals surface area contributed by atoms with E-state index in [0.717, 1.165) is 17.0 Å². The minimum absolute atomic E-state index is 0.0566. The number of ketones is 1. The summed E-state index contributed by atoms with van der Waals surface area (Å²) >= 11 is 0. The van der Waals surface area contributed by atoms with Gasteiger partial charge in [-0.1, -0.05) is 24.3 Å². The molecule has 1 N–H and O–H groups in total. The summed E-state index contributed by atoms with van der Waals surface area (Å²) < 4.78 is 28.1. The van der Waals surface area contributed by atoms with Crippen LogP contribution >= 0.6 is 0 Å². The Kier molecular flexibility index (Phi) is 7.99. The van der Waals surface area contributed by atoms with Gasteiger partial charge < -0.3 is 29.0 Å². The number of benzene rings is 2. The Bertz CT molecular complexity index is 1310. The van der Waals surface area contributed by atoms with Gasteiger partial charge in [-0.15, -0.1) is 0 Å². The lowest BCUT2D eigenvalue weighted by Gasteiger charge is -2.37. The van der Waals surface area contributed by atoms with Crippen LogP contribution in [-0.2, 0) is 14.3 Å². The van der Waals surface area contributed by atoms with Crippen LogP contribution < -0.4 is 24.3 Å². The third kappa shape index (κ3) is 4.83. The van der Waals surface area contributed by atoms with Gasteiger partial charge in [0.05, 0.1) is 46.0 Å². The molecule has 0 spiro atoms. The van der Waals surface area contributed by atoms with Gasteiger partial charge in [-0.05, 0) is 44.9 Å². The quantitative estimate of drug-likeness (QED) is 0.484. The van der Waals surface area contributed by atoms with Crippen LogP contribution in [0.15, 0.2) is 58.9 Å². The summed E-state index contributed by atoms with van der Waals surface area (Å²) in [5.74, 6) is 0.682. The zero-order valence-corrected chi connectivity index (χ0v) is 23.0. The molecule has 2 unspecified atom stereocenters. The van der Waals surface area contributed by atoms with Crippen LogP contribution in [0, 0.1) is 0 Å². The minimum atomic E-state index is -0.710. The number of rotatable bonds is 8. The van der Waals surface area contributed by atoms with E-state index < -0.39 is 11.9 Å². The molecule has 0 saturated carbocycles. The Labute approximate surface area is 223 Å². The van der Waals surface area contributed by atoms with Gasteiger partial charge in [-0.3, -0.25) is 4.79 Å². The predicted molar refractivity (Wildman–Crippen MR) is 143 cm³/mol. The van der Waals surface area contributed by atoms with Gasteiger partial charge in [0.2, 0.25) is 5.75 Å². The first kappa shape index (κ1) is 27.1. The number of carbonyl (C=O) groups is 2. The van der Waals surface area contributed by atoms with Crippen molar-refractivity contribution >= 4 is 11.8 Å². The fraction of sp³-hybridized carbons (Fsp3) is 0.400. The molecule has 202 valence electrons. The minimum Gasteiger partial charge on any atom is -0.496 e. The van der Waals surface area contributed by atoms with Crippen LogP contribution in [0.1, 0.15) is 56.6 Å². The van der Waals surface area contributed by atoms with Crippen LogP contribution in [0.4, 0.5) is 0 Å². The molecule has 8 heteroatoms. The standard InChI is InChI=1S/C30H35NO7/c1-16(2)38-30(33)25-17(3)31-21-14-18(19-10-8-9-11-23(19)34-4)15-22(32)27(21)26(25)20-12-13-24(35-5)29(37-7)28(20)36-6/h8-13,16,18,26,31H,14-15H2,1-7H3. The Morgan fingerprint density at radius 2 is 1.55 bits per heavy atom. The van der Waals surface area contributed by atoms with Gasteiger partial charge >= 0.3 is 5.97 Å². The van der Waals surface area contributed by atoms with Gasteiger partial charge in [-0.25, -0.2) is 4.79 Å². The summed E-state index contributed by atoms with van der Waals surface area (Å²) in [7, 11) is 6.22. The van der Waals surface area contributed by atoms with Gasteiger partial charge in [0.1, 0.15) is 5.75 Å². The molecule has 2 atom stereocenters. The first-order chi connectivity index (χ1) is 18.2. The van der Waals surface area contributed by atoms with E-state index in [0.29, 0.717) is 46.1 Å². The van der Waals surface area contributed by atoms with Crippen molar-refractivity contribution in [2.75, 3.05) is 28.4 Å². The largest absolute Gasteiger partial charge is 0.496 e. The van der Waals surface area contributed by atoms with Crippen LogP contribution in [0.2, 0.25) is 0 Å². The van der Waals surface area contributed by atoms with Crippen LogP contribution in [0.5, 0.6) is 23.0 Å². The van der Waals surface area contributed by atoms with Crippen LogP contribution in [-0.4, -0.2) is 46.3 Å². The summed E-state index contributed by atoms with van der Waals surface area (Å²) in [6, 6.07) is 11.3. The van der Waals surface area contributed by atoms with Crippen LogP contribution in [0.25, 0.3) is 0 Å². The molecule has 2 aromatic carbocycles. The Hall–Kier alpha value is -3.94. The number of methoxy groups -OCH3 is 4.